The van der Waals surface area contributed by atoms with Gasteiger partial charge in [-0.05, 0) is 69.3 Å². The lowest BCUT2D eigenvalue weighted by atomic mass is 9.93. The number of furan rings is 1. The van der Waals surface area contributed by atoms with Gasteiger partial charge in [0, 0.05) is 35.3 Å². The third kappa shape index (κ3) is 5.40. The molecule has 0 N–H and O–H groups in total. The predicted molar refractivity (Wildman–Crippen MR) is 165 cm³/mol. The summed E-state index contributed by atoms with van der Waals surface area (Å²) < 4.78 is 19.2. The molecule has 1 aliphatic heterocycles. The van der Waals surface area contributed by atoms with Crippen LogP contribution < -0.4 is 24.4 Å². The summed E-state index contributed by atoms with van der Waals surface area (Å²) in [5.41, 5.74) is 1.88. The lowest BCUT2D eigenvalue weighted by molar-refractivity contribution is -0.127. The molecule has 1 atom stereocenters. The maximum atomic E-state index is 14.1. The Morgan fingerprint density at radius 1 is 1.10 bits per heavy atom. The third-order valence-electron chi connectivity index (χ3n) is 7.13. The van der Waals surface area contributed by atoms with Crippen molar-refractivity contribution in [2.24, 2.45) is 4.99 Å². The van der Waals surface area contributed by atoms with Gasteiger partial charge in [-0.25, -0.2) is 4.99 Å². The van der Waals surface area contributed by atoms with Gasteiger partial charge in [-0.2, -0.15) is 0 Å². The van der Waals surface area contributed by atoms with E-state index in [1.54, 1.807) is 85.2 Å². The first-order valence-corrected chi connectivity index (χ1v) is 14.9. The van der Waals surface area contributed by atoms with Gasteiger partial charge in [-0.15, -0.1) is 0 Å². The van der Waals surface area contributed by atoms with Crippen molar-refractivity contribution in [3.63, 3.8) is 0 Å². The van der Waals surface area contributed by atoms with Crippen LogP contribution in [-0.2, 0) is 4.79 Å². The summed E-state index contributed by atoms with van der Waals surface area (Å²) in [7, 11) is 3.12. The van der Waals surface area contributed by atoms with Crippen molar-refractivity contribution in [1.82, 2.24) is 9.47 Å². The minimum Gasteiger partial charge on any atom is -0.497 e. The smallest absolute Gasteiger partial charge is 0.271 e. The molecule has 2 aromatic heterocycles. The van der Waals surface area contributed by atoms with Crippen molar-refractivity contribution >= 4 is 46.5 Å². The van der Waals surface area contributed by atoms with Crippen LogP contribution in [0, 0.1) is 0 Å². The van der Waals surface area contributed by atoms with E-state index in [2.05, 4.69) is 0 Å². The number of nitrogens with zero attached hydrogens (tertiary/aromatic N) is 3. The fourth-order valence-corrected chi connectivity index (χ4v) is 6.42. The van der Waals surface area contributed by atoms with Crippen molar-refractivity contribution in [2.75, 3.05) is 27.3 Å². The number of methoxy groups -OCH3 is 2. The molecule has 0 saturated heterocycles. The number of rotatable bonds is 8. The van der Waals surface area contributed by atoms with Crippen LogP contribution in [0.25, 0.3) is 17.4 Å². The molecule has 0 radical (unpaired) electrons. The average Bonchev–Trinajstić information content (AvgIpc) is 3.57. The Balaban J connectivity index is 1.71. The zero-order chi connectivity index (χ0) is 30.1. The Kier molecular flexibility index (Phi) is 8.63. The van der Waals surface area contributed by atoms with E-state index >= 15 is 0 Å². The van der Waals surface area contributed by atoms with Gasteiger partial charge >= 0.3 is 0 Å². The summed E-state index contributed by atoms with van der Waals surface area (Å²) in [6.45, 7) is 6.65. The summed E-state index contributed by atoms with van der Waals surface area (Å²) in [4.78, 5) is 34.9. The van der Waals surface area contributed by atoms with Crippen molar-refractivity contribution in [3.8, 4) is 22.8 Å². The Labute approximate surface area is 256 Å². The van der Waals surface area contributed by atoms with Gasteiger partial charge in [0.15, 0.2) is 4.80 Å². The van der Waals surface area contributed by atoms with E-state index in [4.69, 9.17) is 42.1 Å². The standard InChI is InChI=1S/C31H29Cl2N3O5S/c1-6-35(7-2)30(38)27-17(3)34-31-36(28(27)22-15-19(39-4)9-12-24(22)40-5)29(37)26(42-31)16-20-10-13-25(41-20)21-14-18(32)8-11-23(21)33/h8-16,28H,6-7H2,1-5H3/b26-16+/t28-/m1/s1. The van der Waals surface area contributed by atoms with Crippen LogP contribution in [0.4, 0.5) is 0 Å². The Bertz CT molecular complexity index is 1880. The Morgan fingerprint density at radius 3 is 2.55 bits per heavy atom. The average molecular weight is 627 g/mol. The normalized spacial score (nSPS) is 14.9. The van der Waals surface area contributed by atoms with Crippen LogP contribution in [0.15, 0.2) is 74.0 Å². The van der Waals surface area contributed by atoms with Crippen molar-refractivity contribution in [2.45, 2.75) is 26.8 Å². The molecule has 4 aromatic rings. The molecular formula is C31H29Cl2N3O5S. The molecule has 0 spiro atoms. The molecule has 5 rings (SSSR count). The number of hydrogen-bond acceptors (Lipinski definition) is 7. The van der Waals surface area contributed by atoms with Crippen LogP contribution >= 0.6 is 34.5 Å². The van der Waals surface area contributed by atoms with Crippen molar-refractivity contribution in [1.29, 1.82) is 0 Å². The van der Waals surface area contributed by atoms with Gasteiger partial charge in [0.2, 0.25) is 0 Å². The van der Waals surface area contributed by atoms with Crippen LogP contribution in [0.5, 0.6) is 11.5 Å². The molecule has 42 heavy (non-hydrogen) atoms. The van der Waals surface area contributed by atoms with E-state index in [0.29, 0.717) is 77.9 Å². The minimum atomic E-state index is -0.793. The number of allylic oxidation sites excluding steroid dienone is 1. The largest absolute Gasteiger partial charge is 0.497 e. The molecule has 0 aliphatic carbocycles. The number of carbonyl (C=O) groups excluding carboxylic acids is 1. The zero-order valence-corrected chi connectivity index (χ0v) is 26.1. The number of hydrogen-bond donors (Lipinski definition) is 0. The Hall–Kier alpha value is -3.79. The molecule has 1 aliphatic rings. The molecular weight excluding hydrogens is 597 g/mol. The zero-order valence-electron chi connectivity index (χ0n) is 23.7. The number of halogens is 2. The first-order chi connectivity index (χ1) is 20.2. The lowest BCUT2D eigenvalue weighted by Crippen LogP contribution is -2.43. The maximum absolute atomic E-state index is 14.1. The third-order valence-corrected chi connectivity index (χ3v) is 8.68. The molecule has 0 saturated carbocycles. The highest BCUT2D eigenvalue weighted by molar-refractivity contribution is 7.07. The van der Waals surface area contributed by atoms with Crippen LogP contribution in [0.3, 0.4) is 0 Å². The van der Waals surface area contributed by atoms with Crippen LogP contribution in [0.2, 0.25) is 10.0 Å². The second-order valence-electron chi connectivity index (χ2n) is 9.49. The minimum absolute atomic E-state index is 0.195. The second-order valence-corrected chi connectivity index (χ2v) is 11.3. The summed E-state index contributed by atoms with van der Waals surface area (Å²) in [6, 6.07) is 13.2. The lowest BCUT2D eigenvalue weighted by Gasteiger charge is -2.30. The second kappa shape index (κ2) is 12.2. The summed E-state index contributed by atoms with van der Waals surface area (Å²) >= 11 is 13.7. The number of thiazole rings is 1. The Morgan fingerprint density at radius 2 is 1.86 bits per heavy atom. The van der Waals surface area contributed by atoms with Crippen LogP contribution in [0.1, 0.15) is 38.1 Å². The molecule has 11 heteroatoms. The topological polar surface area (TPSA) is 86.3 Å². The molecule has 0 bridgehead atoms. The van der Waals surface area contributed by atoms with Crippen molar-refractivity contribution < 1.29 is 18.7 Å². The summed E-state index contributed by atoms with van der Waals surface area (Å²) in [6.07, 6.45) is 1.66. The quantitative estimate of drug-likeness (QED) is 0.251. The van der Waals surface area contributed by atoms with Gasteiger partial charge in [-0.3, -0.25) is 14.2 Å². The number of ether oxygens (including phenoxy) is 2. The van der Waals surface area contributed by atoms with E-state index in [1.807, 2.05) is 13.8 Å². The van der Waals surface area contributed by atoms with E-state index in [1.165, 1.54) is 11.3 Å². The number of likely N-dealkylation sites (N-methyl/N-ethyl adjacent to an activating group) is 1. The SMILES string of the molecule is CCN(CC)C(=O)C1=C(C)N=c2s/c(=C/c3ccc(-c4cc(Cl)ccc4Cl)o3)c(=O)n2[C@@H]1c1cc(OC)ccc1OC. The summed E-state index contributed by atoms with van der Waals surface area (Å²) in [5.74, 6) is 1.86. The number of aromatic nitrogens is 1. The first-order valence-electron chi connectivity index (χ1n) is 13.3. The fraction of sp³-hybridized carbons (Fsp3) is 0.258. The number of benzene rings is 2. The molecule has 8 nitrogen and oxygen atoms in total. The molecule has 3 heterocycles. The van der Waals surface area contributed by atoms with Crippen LogP contribution in [-0.4, -0.2) is 42.7 Å². The summed E-state index contributed by atoms with van der Waals surface area (Å²) in [5, 5.41) is 1.02. The highest BCUT2D eigenvalue weighted by atomic mass is 35.5. The van der Waals surface area contributed by atoms with Gasteiger partial charge < -0.3 is 18.8 Å². The number of amides is 1. The molecule has 1 amide bonds. The van der Waals surface area contributed by atoms with Gasteiger partial charge in [0.25, 0.3) is 11.5 Å². The van der Waals surface area contributed by atoms with E-state index in [9.17, 15) is 9.59 Å². The first kappa shape index (κ1) is 29.7. The van der Waals surface area contributed by atoms with E-state index in [-0.39, 0.29) is 11.5 Å². The van der Waals surface area contributed by atoms with Gasteiger partial charge in [0.1, 0.15) is 29.1 Å². The van der Waals surface area contributed by atoms with E-state index in [0.717, 1.165) is 0 Å². The van der Waals surface area contributed by atoms with Gasteiger partial charge in [-0.1, -0.05) is 34.5 Å². The monoisotopic (exact) mass is 625 g/mol. The molecule has 2 aromatic carbocycles. The number of carbonyl (C=O) groups is 1. The molecule has 0 unspecified atom stereocenters. The van der Waals surface area contributed by atoms with Gasteiger partial charge in [0.05, 0.1) is 35.0 Å². The molecule has 0 fully saturated rings. The predicted octanol–water partition coefficient (Wildman–Crippen LogP) is 5.69. The van der Waals surface area contributed by atoms with E-state index < -0.39 is 6.04 Å². The van der Waals surface area contributed by atoms with Crippen molar-refractivity contribution in [3.05, 3.63) is 101 Å². The molecule has 218 valence electrons. The fourth-order valence-electron chi connectivity index (χ4n) is 5.01. The maximum Gasteiger partial charge on any atom is 0.271 e. The highest BCUT2D eigenvalue weighted by Gasteiger charge is 2.36. The number of fused-ring (bicyclic) bond motifs is 1. The highest BCUT2D eigenvalue weighted by Crippen LogP contribution is 2.38.